The van der Waals surface area contributed by atoms with Gasteiger partial charge >= 0.3 is 0 Å². The summed E-state index contributed by atoms with van der Waals surface area (Å²) in [5.74, 6) is 1.14. The highest BCUT2D eigenvalue weighted by Gasteiger charge is 2.09. The number of nitrogens with one attached hydrogen (secondary N) is 1. The molecule has 1 amide bonds. The first kappa shape index (κ1) is 16.8. The van der Waals surface area contributed by atoms with Gasteiger partial charge in [-0.15, -0.1) is 0 Å². The summed E-state index contributed by atoms with van der Waals surface area (Å²) in [6, 6.07) is 22.4. The molecule has 0 aliphatic carbocycles. The quantitative estimate of drug-likeness (QED) is 0.563. The Morgan fingerprint density at radius 1 is 1.04 bits per heavy atom. The van der Waals surface area contributed by atoms with Crippen molar-refractivity contribution in [3.63, 3.8) is 0 Å². The van der Waals surface area contributed by atoms with Crippen molar-refractivity contribution in [2.45, 2.75) is 6.42 Å². The third kappa shape index (κ3) is 3.82. The van der Waals surface area contributed by atoms with Crippen LogP contribution in [0.15, 0.2) is 77.2 Å². The maximum Gasteiger partial charge on any atom is 0.255 e. The summed E-state index contributed by atoms with van der Waals surface area (Å²) in [4.78, 5) is 16.9. The first-order chi connectivity index (χ1) is 13.2. The van der Waals surface area contributed by atoms with Crippen molar-refractivity contribution in [3.8, 4) is 5.75 Å². The molecule has 0 saturated carbocycles. The van der Waals surface area contributed by atoms with E-state index in [0.717, 1.165) is 22.4 Å². The second-order valence-electron chi connectivity index (χ2n) is 6.14. The van der Waals surface area contributed by atoms with Gasteiger partial charge in [0, 0.05) is 17.7 Å². The van der Waals surface area contributed by atoms with E-state index in [1.807, 2.05) is 48.5 Å². The normalized spacial score (nSPS) is 10.7. The highest BCUT2D eigenvalue weighted by atomic mass is 16.5. The lowest BCUT2D eigenvalue weighted by Gasteiger charge is -2.07. The van der Waals surface area contributed by atoms with E-state index < -0.39 is 0 Å². The zero-order valence-corrected chi connectivity index (χ0v) is 14.8. The lowest BCUT2D eigenvalue weighted by molar-refractivity contribution is 0.102. The SMILES string of the molecule is COc1cccc(C(=O)Nc2ccc(Cc3nc4ccccc4o3)cc2)c1. The molecule has 0 bridgehead atoms. The van der Waals surface area contributed by atoms with E-state index in [2.05, 4.69) is 10.3 Å². The molecule has 5 nitrogen and oxygen atoms in total. The second-order valence-corrected chi connectivity index (χ2v) is 6.14. The number of oxazole rings is 1. The molecule has 4 aromatic rings. The number of hydrogen-bond donors (Lipinski definition) is 1. The Morgan fingerprint density at radius 2 is 1.85 bits per heavy atom. The molecule has 1 heterocycles. The van der Waals surface area contributed by atoms with Crippen molar-refractivity contribution in [3.05, 3.63) is 89.8 Å². The fraction of sp³-hybridized carbons (Fsp3) is 0.0909. The molecule has 134 valence electrons. The van der Waals surface area contributed by atoms with E-state index in [4.69, 9.17) is 9.15 Å². The standard InChI is InChI=1S/C22H18N2O3/c1-26-18-6-4-5-16(14-18)22(25)23-17-11-9-15(10-12-17)13-21-24-19-7-2-3-8-20(19)27-21/h2-12,14H,13H2,1H3,(H,23,25). The summed E-state index contributed by atoms with van der Waals surface area (Å²) in [6.07, 6.45) is 0.596. The molecule has 0 radical (unpaired) electrons. The third-order valence-corrected chi connectivity index (χ3v) is 4.24. The Bertz CT molecular complexity index is 1050. The fourth-order valence-corrected chi connectivity index (χ4v) is 2.84. The molecular weight excluding hydrogens is 340 g/mol. The van der Waals surface area contributed by atoms with Crippen LogP contribution in [-0.4, -0.2) is 18.0 Å². The van der Waals surface area contributed by atoms with Gasteiger partial charge in [-0.05, 0) is 48.0 Å². The highest BCUT2D eigenvalue weighted by molar-refractivity contribution is 6.04. The molecular formula is C22H18N2O3. The fourth-order valence-electron chi connectivity index (χ4n) is 2.84. The molecule has 1 N–H and O–H groups in total. The van der Waals surface area contributed by atoms with Crippen LogP contribution in [0.2, 0.25) is 0 Å². The van der Waals surface area contributed by atoms with Crippen LogP contribution in [-0.2, 0) is 6.42 Å². The van der Waals surface area contributed by atoms with Gasteiger partial charge in [0.05, 0.1) is 7.11 Å². The van der Waals surface area contributed by atoms with Crippen LogP contribution in [0, 0.1) is 0 Å². The van der Waals surface area contributed by atoms with Crippen LogP contribution >= 0.6 is 0 Å². The molecule has 0 unspecified atom stereocenters. The summed E-state index contributed by atoms with van der Waals surface area (Å²) < 4.78 is 10.9. The Morgan fingerprint density at radius 3 is 2.63 bits per heavy atom. The van der Waals surface area contributed by atoms with Gasteiger partial charge in [0.1, 0.15) is 11.3 Å². The molecule has 4 rings (SSSR count). The van der Waals surface area contributed by atoms with Crippen molar-refractivity contribution < 1.29 is 13.9 Å². The van der Waals surface area contributed by atoms with Crippen molar-refractivity contribution in [1.82, 2.24) is 4.98 Å². The number of anilines is 1. The number of carbonyl (C=O) groups is 1. The van der Waals surface area contributed by atoms with Crippen LogP contribution in [0.1, 0.15) is 21.8 Å². The van der Waals surface area contributed by atoms with Crippen LogP contribution in [0.3, 0.4) is 0 Å². The Balaban J connectivity index is 1.44. The second kappa shape index (κ2) is 7.33. The molecule has 0 atom stereocenters. The Hall–Kier alpha value is -3.60. The largest absolute Gasteiger partial charge is 0.497 e. The van der Waals surface area contributed by atoms with E-state index in [0.29, 0.717) is 23.6 Å². The van der Waals surface area contributed by atoms with E-state index in [1.165, 1.54) is 0 Å². The number of nitrogens with zero attached hydrogens (tertiary/aromatic N) is 1. The van der Waals surface area contributed by atoms with Gasteiger partial charge in [0.2, 0.25) is 0 Å². The van der Waals surface area contributed by atoms with E-state index in [1.54, 1.807) is 31.4 Å². The summed E-state index contributed by atoms with van der Waals surface area (Å²) >= 11 is 0. The number of hydrogen-bond acceptors (Lipinski definition) is 4. The summed E-state index contributed by atoms with van der Waals surface area (Å²) in [5, 5.41) is 2.89. The minimum absolute atomic E-state index is 0.180. The molecule has 3 aromatic carbocycles. The number of ether oxygens (including phenoxy) is 1. The lowest BCUT2D eigenvalue weighted by Crippen LogP contribution is -2.11. The zero-order chi connectivity index (χ0) is 18.6. The highest BCUT2D eigenvalue weighted by Crippen LogP contribution is 2.19. The molecule has 0 fully saturated rings. The number of aromatic nitrogens is 1. The number of benzene rings is 3. The molecule has 27 heavy (non-hydrogen) atoms. The molecule has 0 aliphatic heterocycles. The lowest BCUT2D eigenvalue weighted by atomic mass is 10.1. The van der Waals surface area contributed by atoms with Gasteiger partial charge in [0.15, 0.2) is 11.5 Å². The first-order valence-electron chi connectivity index (χ1n) is 8.60. The minimum atomic E-state index is -0.180. The van der Waals surface area contributed by atoms with Crippen molar-refractivity contribution in [1.29, 1.82) is 0 Å². The van der Waals surface area contributed by atoms with Crippen LogP contribution in [0.4, 0.5) is 5.69 Å². The minimum Gasteiger partial charge on any atom is -0.497 e. The van der Waals surface area contributed by atoms with Gasteiger partial charge in [-0.1, -0.05) is 30.3 Å². The first-order valence-corrected chi connectivity index (χ1v) is 8.60. The summed E-state index contributed by atoms with van der Waals surface area (Å²) in [6.45, 7) is 0. The predicted molar refractivity (Wildman–Crippen MR) is 104 cm³/mol. The molecule has 1 aromatic heterocycles. The number of fused-ring (bicyclic) bond motifs is 1. The monoisotopic (exact) mass is 358 g/mol. The Kier molecular flexibility index (Phi) is 4.58. The van der Waals surface area contributed by atoms with Gasteiger partial charge in [-0.25, -0.2) is 4.98 Å². The average Bonchev–Trinajstić information content (AvgIpc) is 3.12. The van der Waals surface area contributed by atoms with Gasteiger partial charge in [0.25, 0.3) is 5.91 Å². The third-order valence-electron chi connectivity index (χ3n) is 4.24. The maximum atomic E-state index is 12.4. The molecule has 0 aliphatic rings. The van der Waals surface area contributed by atoms with Crippen molar-refractivity contribution >= 4 is 22.7 Å². The summed E-state index contributed by atoms with van der Waals surface area (Å²) in [5.41, 5.74) is 3.97. The number of amides is 1. The van der Waals surface area contributed by atoms with Crippen LogP contribution in [0.25, 0.3) is 11.1 Å². The number of para-hydroxylation sites is 2. The maximum absolute atomic E-state index is 12.4. The van der Waals surface area contributed by atoms with E-state index in [9.17, 15) is 4.79 Å². The molecule has 5 heteroatoms. The van der Waals surface area contributed by atoms with Crippen LogP contribution < -0.4 is 10.1 Å². The Labute approximate surface area is 156 Å². The van der Waals surface area contributed by atoms with E-state index >= 15 is 0 Å². The predicted octanol–water partition coefficient (Wildman–Crippen LogP) is 4.68. The summed E-state index contributed by atoms with van der Waals surface area (Å²) in [7, 11) is 1.58. The molecule has 0 spiro atoms. The van der Waals surface area contributed by atoms with Crippen LogP contribution in [0.5, 0.6) is 5.75 Å². The smallest absolute Gasteiger partial charge is 0.255 e. The van der Waals surface area contributed by atoms with Gasteiger partial charge in [-0.3, -0.25) is 4.79 Å². The average molecular weight is 358 g/mol. The number of carbonyl (C=O) groups excluding carboxylic acids is 1. The number of rotatable bonds is 5. The van der Waals surface area contributed by atoms with Crippen molar-refractivity contribution in [2.75, 3.05) is 12.4 Å². The number of methoxy groups -OCH3 is 1. The zero-order valence-electron chi connectivity index (χ0n) is 14.8. The topological polar surface area (TPSA) is 64.4 Å². The van der Waals surface area contributed by atoms with Gasteiger partial charge < -0.3 is 14.5 Å². The van der Waals surface area contributed by atoms with E-state index in [-0.39, 0.29) is 5.91 Å². The van der Waals surface area contributed by atoms with Gasteiger partial charge in [-0.2, -0.15) is 0 Å². The van der Waals surface area contributed by atoms with Crippen molar-refractivity contribution in [2.24, 2.45) is 0 Å². The molecule has 0 saturated heterocycles.